The number of rotatable bonds is 2. The second-order valence-electron chi connectivity index (χ2n) is 5.35. The summed E-state index contributed by atoms with van der Waals surface area (Å²) in [4.78, 5) is 18.8. The Morgan fingerprint density at radius 2 is 2.25 bits per heavy atom. The summed E-state index contributed by atoms with van der Waals surface area (Å²) in [6.07, 6.45) is 2.38. The Kier molecular flexibility index (Phi) is 3.35. The van der Waals surface area contributed by atoms with Crippen molar-refractivity contribution in [1.82, 2.24) is 19.6 Å². The molecule has 1 unspecified atom stereocenters. The van der Waals surface area contributed by atoms with Crippen molar-refractivity contribution in [2.75, 3.05) is 0 Å². The number of halogens is 2. The molecule has 0 bridgehead atoms. The van der Waals surface area contributed by atoms with Crippen LogP contribution < -0.4 is 5.69 Å². The molecule has 1 aromatic carbocycles. The second-order valence-corrected chi connectivity index (χ2v) is 6.54. The summed E-state index contributed by atoms with van der Waals surface area (Å²) < 4.78 is 28.3. The third-order valence-corrected chi connectivity index (χ3v) is 5.12. The molecule has 2 heterocycles. The maximum atomic E-state index is 13.8. The zero-order valence-corrected chi connectivity index (χ0v) is 12.9. The number of benzene rings is 1. The van der Waals surface area contributed by atoms with Gasteiger partial charge in [0, 0.05) is 11.3 Å². The number of nitrogens with zero attached hydrogens (tertiary/aromatic N) is 4. The van der Waals surface area contributed by atoms with E-state index >= 15 is 0 Å². The molecule has 0 radical (unpaired) electrons. The van der Waals surface area contributed by atoms with E-state index in [4.69, 9.17) is 5.26 Å². The number of thioether (sulfide) groups is 1. The molecule has 6 nitrogen and oxygen atoms in total. The SMILES string of the molecule is N#Cc1cnn2c(=O)[nH]c(SC3CCc4c(F)cc(F)cc43)nc12. The fourth-order valence-electron chi connectivity index (χ4n) is 2.86. The van der Waals surface area contributed by atoms with Gasteiger partial charge in [0.1, 0.15) is 23.3 Å². The summed E-state index contributed by atoms with van der Waals surface area (Å²) in [7, 11) is 0. The van der Waals surface area contributed by atoms with Crippen molar-refractivity contribution >= 4 is 17.4 Å². The van der Waals surface area contributed by atoms with Gasteiger partial charge in [-0.15, -0.1) is 0 Å². The normalized spacial score (nSPS) is 16.3. The van der Waals surface area contributed by atoms with Gasteiger partial charge >= 0.3 is 5.69 Å². The Hall–Kier alpha value is -2.73. The monoisotopic (exact) mass is 345 g/mol. The van der Waals surface area contributed by atoms with E-state index in [1.807, 2.05) is 6.07 Å². The molecule has 24 heavy (non-hydrogen) atoms. The molecule has 0 fully saturated rings. The van der Waals surface area contributed by atoms with Gasteiger partial charge in [-0.3, -0.25) is 4.98 Å². The smallest absolute Gasteiger partial charge is 0.285 e. The minimum atomic E-state index is -0.627. The standard InChI is InChI=1S/C15H9F2N5OS/c16-8-3-10-9(11(17)4-8)1-2-12(10)24-14-20-13-7(5-18)6-19-22(13)15(23)21-14/h3-4,6,12H,1-2H2,(H,20,21,23). The lowest BCUT2D eigenvalue weighted by molar-refractivity contribution is 0.574. The van der Waals surface area contributed by atoms with Crippen molar-refractivity contribution in [2.45, 2.75) is 23.2 Å². The van der Waals surface area contributed by atoms with E-state index < -0.39 is 17.3 Å². The van der Waals surface area contributed by atoms with Crippen LogP contribution in [-0.2, 0) is 6.42 Å². The Bertz CT molecular complexity index is 1070. The van der Waals surface area contributed by atoms with Crippen molar-refractivity contribution in [3.8, 4) is 6.07 Å². The van der Waals surface area contributed by atoms with Crippen molar-refractivity contribution < 1.29 is 8.78 Å². The average Bonchev–Trinajstić information content (AvgIpc) is 3.12. The minimum absolute atomic E-state index is 0.160. The number of aromatic amines is 1. The molecule has 1 N–H and O–H groups in total. The number of aromatic nitrogens is 4. The van der Waals surface area contributed by atoms with Crippen LogP contribution in [-0.4, -0.2) is 19.6 Å². The van der Waals surface area contributed by atoms with E-state index in [0.29, 0.717) is 24.0 Å². The van der Waals surface area contributed by atoms with E-state index in [1.165, 1.54) is 24.0 Å². The van der Waals surface area contributed by atoms with Gasteiger partial charge in [0.15, 0.2) is 10.8 Å². The van der Waals surface area contributed by atoms with Crippen LogP contribution in [0.25, 0.3) is 5.65 Å². The van der Waals surface area contributed by atoms with Crippen LogP contribution >= 0.6 is 11.8 Å². The van der Waals surface area contributed by atoms with Gasteiger partial charge < -0.3 is 0 Å². The molecule has 1 aliphatic carbocycles. The summed E-state index contributed by atoms with van der Waals surface area (Å²) >= 11 is 1.21. The number of H-pyrrole nitrogens is 1. The number of hydrogen-bond donors (Lipinski definition) is 1. The third-order valence-electron chi connectivity index (χ3n) is 3.93. The van der Waals surface area contributed by atoms with Gasteiger partial charge in [-0.2, -0.15) is 14.9 Å². The molecular formula is C15H9F2N5OS. The van der Waals surface area contributed by atoms with Crippen LogP contribution in [0.2, 0.25) is 0 Å². The predicted molar refractivity (Wildman–Crippen MR) is 81.6 cm³/mol. The van der Waals surface area contributed by atoms with Crippen LogP contribution in [0.3, 0.4) is 0 Å². The lowest BCUT2D eigenvalue weighted by atomic mass is 10.1. The Balaban J connectivity index is 1.75. The molecule has 2 aromatic heterocycles. The second kappa shape index (κ2) is 5.42. The third kappa shape index (κ3) is 2.27. The summed E-state index contributed by atoms with van der Waals surface area (Å²) in [5.41, 5.74) is 0.903. The molecule has 1 atom stereocenters. The van der Waals surface area contributed by atoms with E-state index in [9.17, 15) is 13.6 Å². The molecule has 0 saturated carbocycles. The zero-order valence-electron chi connectivity index (χ0n) is 12.1. The van der Waals surface area contributed by atoms with Crippen LogP contribution in [0, 0.1) is 23.0 Å². The fraction of sp³-hybridized carbons (Fsp3) is 0.200. The van der Waals surface area contributed by atoms with Gasteiger partial charge in [0.05, 0.1) is 6.20 Å². The molecule has 3 aromatic rings. The highest BCUT2D eigenvalue weighted by Crippen LogP contribution is 2.44. The van der Waals surface area contributed by atoms with Crippen LogP contribution in [0.15, 0.2) is 28.3 Å². The van der Waals surface area contributed by atoms with Gasteiger partial charge in [-0.1, -0.05) is 11.8 Å². The van der Waals surface area contributed by atoms with Gasteiger partial charge in [-0.25, -0.2) is 18.6 Å². The number of nitriles is 1. The van der Waals surface area contributed by atoms with Gasteiger partial charge in [-0.05, 0) is 30.0 Å². The molecule has 120 valence electrons. The highest BCUT2D eigenvalue weighted by molar-refractivity contribution is 7.99. The largest absolute Gasteiger partial charge is 0.350 e. The van der Waals surface area contributed by atoms with Crippen molar-refractivity contribution in [3.05, 3.63) is 57.1 Å². The molecular weight excluding hydrogens is 336 g/mol. The van der Waals surface area contributed by atoms with E-state index in [-0.39, 0.29) is 21.6 Å². The summed E-state index contributed by atoms with van der Waals surface area (Å²) in [5, 5.41) is 12.9. The maximum absolute atomic E-state index is 13.8. The molecule has 0 aliphatic heterocycles. The molecule has 0 spiro atoms. The highest BCUT2D eigenvalue weighted by atomic mass is 32.2. The van der Waals surface area contributed by atoms with Crippen molar-refractivity contribution in [1.29, 1.82) is 5.26 Å². The van der Waals surface area contributed by atoms with Crippen LogP contribution in [0.1, 0.15) is 28.4 Å². The van der Waals surface area contributed by atoms with Crippen LogP contribution in [0.5, 0.6) is 0 Å². The van der Waals surface area contributed by atoms with E-state index in [2.05, 4.69) is 15.1 Å². The average molecular weight is 345 g/mol. The number of fused-ring (bicyclic) bond motifs is 2. The maximum Gasteiger partial charge on any atom is 0.350 e. The summed E-state index contributed by atoms with van der Waals surface area (Å²) in [5.74, 6) is -1.18. The van der Waals surface area contributed by atoms with Gasteiger partial charge in [0.2, 0.25) is 0 Å². The van der Waals surface area contributed by atoms with Crippen molar-refractivity contribution in [2.24, 2.45) is 0 Å². The van der Waals surface area contributed by atoms with E-state index in [0.717, 1.165) is 10.6 Å². The first kappa shape index (κ1) is 14.8. The lowest BCUT2D eigenvalue weighted by Crippen LogP contribution is -2.19. The fourth-order valence-corrected chi connectivity index (χ4v) is 3.99. The molecule has 0 amide bonds. The Morgan fingerprint density at radius 3 is 3.04 bits per heavy atom. The zero-order chi connectivity index (χ0) is 16.8. The van der Waals surface area contributed by atoms with Gasteiger partial charge in [0.25, 0.3) is 0 Å². The minimum Gasteiger partial charge on any atom is -0.285 e. The first-order valence-corrected chi connectivity index (χ1v) is 7.97. The Labute approximate surface area is 138 Å². The molecule has 4 rings (SSSR count). The molecule has 0 saturated heterocycles. The number of hydrogen-bond acceptors (Lipinski definition) is 5. The number of nitrogens with one attached hydrogen (secondary N) is 1. The summed E-state index contributed by atoms with van der Waals surface area (Å²) in [6, 6.07) is 4.12. The summed E-state index contributed by atoms with van der Waals surface area (Å²) in [6.45, 7) is 0. The first-order valence-electron chi connectivity index (χ1n) is 7.09. The highest BCUT2D eigenvalue weighted by Gasteiger charge is 2.28. The predicted octanol–water partition coefficient (Wildman–Crippen LogP) is 2.35. The van der Waals surface area contributed by atoms with Crippen molar-refractivity contribution in [3.63, 3.8) is 0 Å². The van der Waals surface area contributed by atoms with Crippen LogP contribution in [0.4, 0.5) is 8.78 Å². The topological polar surface area (TPSA) is 86.8 Å². The molecule has 9 heteroatoms. The van der Waals surface area contributed by atoms with E-state index in [1.54, 1.807) is 0 Å². The Morgan fingerprint density at radius 1 is 1.42 bits per heavy atom. The first-order chi connectivity index (χ1) is 11.6. The quantitative estimate of drug-likeness (QED) is 0.770. The molecule has 1 aliphatic rings. The lowest BCUT2D eigenvalue weighted by Gasteiger charge is -2.11.